The molecular weight excluding hydrogens is 283 g/mol. The summed E-state index contributed by atoms with van der Waals surface area (Å²) in [4.78, 5) is 0. The molecule has 0 saturated heterocycles. The van der Waals surface area contributed by atoms with E-state index in [-0.39, 0.29) is 6.79 Å². The van der Waals surface area contributed by atoms with E-state index < -0.39 is 0 Å². The number of benzene rings is 2. The molecule has 2 aromatic carbocycles. The Labute approximate surface area is 121 Å². The molecule has 1 heterocycles. The average Bonchev–Trinajstić information content (AvgIpc) is 2.87. The van der Waals surface area contributed by atoms with Crippen molar-refractivity contribution in [3.63, 3.8) is 0 Å². The summed E-state index contributed by atoms with van der Waals surface area (Å²) < 4.78 is 10.8. The van der Waals surface area contributed by atoms with E-state index in [4.69, 9.17) is 32.7 Å². The molecule has 2 aromatic rings. The Kier molecular flexibility index (Phi) is 3.13. The molecule has 1 aliphatic heterocycles. The summed E-state index contributed by atoms with van der Waals surface area (Å²) in [6.07, 6.45) is 1.78. The maximum Gasteiger partial charge on any atom is 0.231 e. The van der Waals surface area contributed by atoms with Crippen LogP contribution in [0, 0.1) is 0 Å². The van der Waals surface area contributed by atoms with Crippen LogP contribution in [0.5, 0.6) is 11.5 Å². The Morgan fingerprint density at radius 2 is 1.74 bits per heavy atom. The summed E-state index contributed by atoms with van der Waals surface area (Å²) in [5.74, 6) is 1.46. The highest BCUT2D eigenvalue weighted by Crippen LogP contribution is 2.40. The molecule has 19 heavy (non-hydrogen) atoms. The van der Waals surface area contributed by atoms with Gasteiger partial charge in [-0.25, -0.2) is 0 Å². The Bertz CT molecular complexity index is 665. The average molecular weight is 293 g/mol. The monoisotopic (exact) mass is 292 g/mol. The Morgan fingerprint density at radius 3 is 2.42 bits per heavy atom. The van der Waals surface area contributed by atoms with E-state index in [0.717, 1.165) is 28.2 Å². The van der Waals surface area contributed by atoms with Crippen LogP contribution in [0.2, 0.25) is 10.0 Å². The van der Waals surface area contributed by atoms with E-state index in [1.54, 1.807) is 12.1 Å². The number of hydrogen-bond acceptors (Lipinski definition) is 2. The fraction of sp³-hybridized carbons (Fsp3) is 0.0667. The highest BCUT2D eigenvalue weighted by atomic mass is 35.5. The number of ether oxygens (including phenoxy) is 2. The summed E-state index contributed by atoms with van der Waals surface area (Å²) in [7, 11) is 0. The number of hydrogen-bond donors (Lipinski definition) is 0. The van der Waals surface area contributed by atoms with Crippen molar-refractivity contribution < 1.29 is 9.47 Å². The van der Waals surface area contributed by atoms with Gasteiger partial charge in [0.05, 0.1) is 10.0 Å². The zero-order chi connectivity index (χ0) is 13.4. The van der Waals surface area contributed by atoms with Crippen molar-refractivity contribution in [1.29, 1.82) is 0 Å². The van der Waals surface area contributed by atoms with Crippen molar-refractivity contribution in [2.24, 2.45) is 0 Å². The van der Waals surface area contributed by atoms with E-state index in [9.17, 15) is 0 Å². The van der Waals surface area contributed by atoms with Crippen molar-refractivity contribution in [2.75, 3.05) is 6.79 Å². The van der Waals surface area contributed by atoms with Gasteiger partial charge >= 0.3 is 0 Å². The molecule has 1 aliphatic rings. The summed E-state index contributed by atoms with van der Waals surface area (Å²) in [5, 5.41) is 1.05. The van der Waals surface area contributed by atoms with Gasteiger partial charge in [0.2, 0.25) is 6.79 Å². The molecule has 0 N–H and O–H groups in total. The highest BCUT2D eigenvalue weighted by molar-refractivity contribution is 6.42. The molecule has 0 aliphatic carbocycles. The van der Waals surface area contributed by atoms with Crippen LogP contribution in [-0.4, -0.2) is 6.79 Å². The maximum absolute atomic E-state index is 6.06. The topological polar surface area (TPSA) is 18.5 Å². The van der Waals surface area contributed by atoms with E-state index >= 15 is 0 Å². The third-order valence-electron chi connectivity index (χ3n) is 3.00. The molecule has 0 amide bonds. The first kappa shape index (κ1) is 12.4. The molecule has 2 nitrogen and oxygen atoms in total. The fourth-order valence-corrected chi connectivity index (χ4v) is 2.34. The first-order valence-electron chi connectivity index (χ1n) is 5.70. The van der Waals surface area contributed by atoms with Gasteiger partial charge in [-0.2, -0.15) is 0 Å². The van der Waals surface area contributed by atoms with Crippen molar-refractivity contribution in [1.82, 2.24) is 0 Å². The van der Waals surface area contributed by atoms with Gasteiger partial charge in [0.25, 0.3) is 0 Å². The van der Waals surface area contributed by atoms with Gasteiger partial charge in [0.15, 0.2) is 11.5 Å². The lowest BCUT2D eigenvalue weighted by molar-refractivity contribution is 0.174. The molecular formula is C15H10Cl2O2. The third-order valence-corrected chi connectivity index (χ3v) is 3.73. The second-order valence-electron chi connectivity index (χ2n) is 4.13. The summed E-state index contributed by atoms with van der Waals surface area (Å²) >= 11 is 12.0. The zero-order valence-electron chi connectivity index (χ0n) is 9.95. The fourth-order valence-electron chi connectivity index (χ4n) is 2.04. The minimum Gasteiger partial charge on any atom is -0.454 e. The van der Waals surface area contributed by atoms with Crippen LogP contribution < -0.4 is 9.47 Å². The van der Waals surface area contributed by atoms with Gasteiger partial charge in [0.1, 0.15) is 0 Å². The lowest BCUT2D eigenvalue weighted by atomic mass is 9.99. The predicted molar refractivity (Wildman–Crippen MR) is 78.1 cm³/mol. The standard InChI is InChI=1S/C15H10Cl2O2/c1-2-9-6-14-15(19-8-18-14)7-11(9)10-3-4-12(16)13(17)5-10/h2-7H,1,8H2. The van der Waals surface area contributed by atoms with E-state index in [1.165, 1.54) is 0 Å². The normalized spacial score (nSPS) is 12.5. The Hall–Kier alpha value is -1.64. The smallest absolute Gasteiger partial charge is 0.231 e. The second kappa shape index (κ2) is 4.80. The molecule has 0 spiro atoms. The van der Waals surface area contributed by atoms with Crippen molar-refractivity contribution in [3.8, 4) is 22.6 Å². The molecule has 3 rings (SSSR count). The van der Waals surface area contributed by atoms with Gasteiger partial charge in [-0.3, -0.25) is 0 Å². The van der Waals surface area contributed by atoms with Crippen LogP contribution >= 0.6 is 23.2 Å². The van der Waals surface area contributed by atoms with Crippen LogP contribution in [-0.2, 0) is 0 Å². The maximum atomic E-state index is 6.06. The van der Waals surface area contributed by atoms with Gasteiger partial charge in [-0.1, -0.05) is 41.9 Å². The minimum absolute atomic E-state index is 0.247. The Balaban J connectivity index is 2.18. The molecule has 0 aromatic heterocycles. The van der Waals surface area contributed by atoms with Crippen LogP contribution in [0.25, 0.3) is 17.2 Å². The molecule has 0 saturated carbocycles. The quantitative estimate of drug-likeness (QED) is 0.773. The molecule has 0 unspecified atom stereocenters. The molecule has 0 bridgehead atoms. The molecule has 0 radical (unpaired) electrons. The molecule has 96 valence electrons. The number of fused-ring (bicyclic) bond motifs is 1. The lowest BCUT2D eigenvalue weighted by Gasteiger charge is -2.09. The predicted octanol–water partition coefficient (Wildman–Crippen LogP) is 5.03. The van der Waals surface area contributed by atoms with Gasteiger partial charge in [0, 0.05) is 0 Å². The molecule has 4 heteroatoms. The summed E-state index contributed by atoms with van der Waals surface area (Å²) in [6.45, 7) is 4.07. The highest BCUT2D eigenvalue weighted by Gasteiger charge is 2.17. The largest absolute Gasteiger partial charge is 0.454 e. The van der Waals surface area contributed by atoms with Crippen LogP contribution in [0.15, 0.2) is 36.9 Å². The van der Waals surface area contributed by atoms with Crippen molar-refractivity contribution >= 4 is 29.3 Å². The van der Waals surface area contributed by atoms with Crippen LogP contribution in [0.4, 0.5) is 0 Å². The van der Waals surface area contributed by atoms with E-state index in [1.807, 2.05) is 24.3 Å². The Morgan fingerprint density at radius 1 is 1.00 bits per heavy atom. The zero-order valence-corrected chi connectivity index (χ0v) is 11.5. The molecule has 0 fully saturated rings. The van der Waals surface area contributed by atoms with Gasteiger partial charge < -0.3 is 9.47 Å². The van der Waals surface area contributed by atoms with Gasteiger partial charge in [-0.05, 0) is 41.0 Å². The van der Waals surface area contributed by atoms with Gasteiger partial charge in [-0.15, -0.1) is 0 Å². The second-order valence-corrected chi connectivity index (χ2v) is 4.94. The summed E-state index contributed by atoms with van der Waals surface area (Å²) in [6, 6.07) is 9.36. The summed E-state index contributed by atoms with van der Waals surface area (Å²) in [5.41, 5.74) is 2.91. The first-order valence-corrected chi connectivity index (χ1v) is 6.46. The third kappa shape index (κ3) is 2.18. The van der Waals surface area contributed by atoms with E-state index in [2.05, 4.69) is 6.58 Å². The lowest BCUT2D eigenvalue weighted by Crippen LogP contribution is -1.92. The van der Waals surface area contributed by atoms with Crippen LogP contribution in [0.3, 0.4) is 0 Å². The minimum atomic E-state index is 0.247. The van der Waals surface area contributed by atoms with Crippen molar-refractivity contribution in [3.05, 3.63) is 52.5 Å². The van der Waals surface area contributed by atoms with Crippen molar-refractivity contribution in [2.45, 2.75) is 0 Å². The molecule has 0 atom stereocenters. The number of rotatable bonds is 2. The van der Waals surface area contributed by atoms with Crippen LogP contribution in [0.1, 0.15) is 5.56 Å². The SMILES string of the molecule is C=Cc1cc2c(cc1-c1ccc(Cl)c(Cl)c1)OCO2. The number of halogens is 2. The van der Waals surface area contributed by atoms with E-state index in [0.29, 0.717) is 10.0 Å². The first-order chi connectivity index (χ1) is 9.19.